The molecule has 0 saturated heterocycles. The Balaban J connectivity index is 0.00000612. The van der Waals surface area contributed by atoms with Crippen LogP contribution in [0.5, 0.6) is 23.0 Å². The van der Waals surface area contributed by atoms with Gasteiger partial charge in [0, 0.05) is 12.5 Å². The lowest BCUT2D eigenvalue weighted by Crippen LogP contribution is -2.53. The second kappa shape index (κ2) is 13.1. The number of Topliss-reactive ketones (excluding diaryl/α,β-unsaturated/α-hetero) is 1. The van der Waals surface area contributed by atoms with Crippen LogP contribution in [0, 0.1) is 11.8 Å². The van der Waals surface area contributed by atoms with Crippen molar-refractivity contribution in [2.24, 2.45) is 17.6 Å². The number of ketones is 1. The summed E-state index contributed by atoms with van der Waals surface area (Å²) in [6, 6.07) is 6.24. The van der Waals surface area contributed by atoms with Gasteiger partial charge in [-0.25, -0.2) is 4.79 Å². The summed E-state index contributed by atoms with van der Waals surface area (Å²) in [5, 5.41) is 32.3. The van der Waals surface area contributed by atoms with Crippen molar-refractivity contribution < 1.29 is 34.4 Å². The van der Waals surface area contributed by atoms with E-state index in [4.69, 9.17) is 10.5 Å². The van der Waals surface area contributed by atoms with Crippen LogP contribution < -0.4 is 15.8 Å². The number of aromatic hydroxyl groups is 3. The molecule has 9 nitrogen and oxygen atoms in total. The molecule has 2 atom stereocenters. The Kier molecular flexibility index (Phi) is 11.2. The van der Waals surface area contributed by atoms with E-state index in [0.29, 0.717) is 5.56 Å². The highest BCUT2D eigenvalue weighted by Crippen LogP contribution is 2.28. The highest BCUT2D eigenvalue weighted by Gasteiger charge is 2.29. The molecule has 0 fully saturated rings. The van der Waals surface area contributed by atoms with Crippen molar-refractivity contribution in [3.05, 3.63) is 47.5 Å². The fraction of sp³-hybridized carbons (Fsp3) is 0.400. The number of phenolic OH excluding ortho intramolecular Hbond substituents is 3. The third-order valence-corrected chi connectivity index (χ3v) is 5.42. The van der Waals surface area contributed by atoms with Crippen molar-refractivity contribution in [2.45, 2.75) is 52.6 Å². The molecule has 192 valence electrons. The second-order valence-electron chi connectivity index (χ2n) is 8.84. The number of amides is 1. The maximum Gasteiger partial charge on any atom is 0.334 e. The average molecular weight is 553 g/mol. The molecule has 0 aliphatic heterocycles. The fourth-order valence-electron chi connectivity index (χ4n) is 3.18. The van der Waals surface area contributed by atoms with Gasteiger partial charge in [0.1, 0.15) is 29.0 Å². The summed E-state index contributed by atoms with van der Waals surface area (Å²) in [7, 11) is 0. The molecule has 0 heterocycles. The van der Waals surface area contributed by atoms with E-state index >= 15 is 0 Å². The summed E-state index contributed by atoms with van der Waals surface area (Å²) in [5.41, 5.74) is 6.28. The predicted octanol–water partition coefficient (Wildman–Crippen LogP) is 3.23. The van der Waals surface area contributed by atoms with E-state index < -0.39 is 29.7 Å². The number of halogens is 1. The van der Waals surface area contributed by atoms with E-state index in [1.54, 1.807) is 27.7 Å². The van der Waals surface area contributed by atoms with E-state index in [2.05, 4.69) is 5.32 Å². The Labute approximate surface area is 215 Å². The van der Waals surface area contributed by atoms with Gasteiger partial charge in [-0.2, -0.15) is 0 Å². The maximum absolute atomic E-state index is 12.7. The molecule has 10 heteroatoms. The number of carbonyl (C=O) groups excluding carboxylic acids is 3. The lowest BCUT2D eigenvalue weighted by Gasteiger charge is -2.24. The summed E-state index contributed by atoms with van der Waals surface area (Å²) < 4.78 is 5.36. The van der Waals surface area contributed by atoms with Crippen molar-refractivity contribution in [2.75, 3.05) is 0 Å². The monoisotopic (exact) mass is 552 g/mol. The Morgan fingerprint density at radius 1 is 0.943 bits per heavy atom. The first-order valence-corrected chi connectivity index (χ1v) is 11.1. The standard InChI is InChI=1S/C25H32N2O7.BrH/c1-13(2)22(26)24(32)27-23(14(3)4)25(33)34-17-8-5-15(21(31)12-17)6-9-19(29)18-11-16(28)7-10-20(18)30;/h5,7-8,10-14,22-23,28,30-31H,6,9,26H2,1-4H3,(H,27,32);1H/t22?,23-;/m0./s1. The predicted molar refractivity (Wildman–Crippen MR) is 136 cm³/mol. The maximum atomic E-state index is 12.7. The van der Waals surface area contributed by atoms with Gasteiger partial charge < -0.3 is 31.1 Å². The van der Waals surface area contributed by atoms with Gasteiger partial charge in [-0.15, -0.1) is 17.0 Å². The van der Waals surface area contributed by atoms with Crippen LogP contribution in [0.1, 0.15) is 50.0 Å². The largest absolute Gasteiger partial charge is 0.508 e. The van der Waals surface area contributed by atoms with Crippen LogP contribution in [0.2, 0.25) is 0 Å². The molecule has 0 bridgehead atoms. The zero-order valence-electron chi connectivity index (χ0n) is 20.1. The lowest BCUT2D eigenvalue weighted by atomic mass is 10.0. The minimum Gasteiger partial charge on any atom is -0.508 e. The van der Waals surface area contributed by atoms with E-state index in [1.807, 2.05) is 0 Å². The Morgan fingerprint density at radius 2 is 1.60 bits per heavy atom. The average Bonchev–Trinajstić information content (AvgIpc) is 2.77. The van der Waals surface area contributed by atoms with Crippen LogP contribution in [-0.2, 0) is 16.0 Å². The molecule has 35 heavy (non-hydrogen) atoms. The quantitative estimate of drug-likeness (QED) is 0.130. The highest BCUT2D eigenvalue weighted by molar-refractivity contribution is 8.93. The summed E-state index contributed by atoms with van der Waals surface area (Å²) in [4.78, 5) is 37.3. The number of phenols is 3. The van der Waals surface area contributed by atoms with Crippen LogP contribution in [-0.4, -0.2) is 45.1 Å². The normalized spacial score (nSPS) is 12.5. The Morgan fingerprint density at radius 3 is 2.17 bits per heavy atom. The van der Waals surface area contributed by atoms with Gasteiger partial charge in [-0.05, 0) is 48.1 Å². The van der Waals surface area contributed by atoms with Crippen LogP contribution in [0.15, 0.2) is 36.4 Å². The lowest BCUT2D eigenvalue weighted by molar-refractivity contribution is -0.141. The molecule has 1 amide bonds. The number of benzene rings is 2. The number of nitrogens with two attached hydrogens (primary N) is 1. The van der Waals surface area contributed by atoms with Crippen LogP contribution in [0.25, 0.3) is 0 Å². The number of ether oxygens (including phenoxy) is 1. The molecule has 0 aliphatic rings. The molecule has 0 spiro atoms. The summed E-state index contributed by atoms with van der Waals surface area (Å²) >= 11 is 0. The number of nitrogens with one attached hydrogen (secondary N) is 1. The molecular formula is C25H33BrN2O7. The minimum atomic E-state index is -0.924. The highest BCUT2D eigenvalue weighted by atomic mass is 79.9. The van der Waals surface area contributed by atoms with Gasteiger partial charge in [-0.1, -0.05) is 33.8 Å². The van der Waals surface area contributed by atoms with Crippen molar-refractivity contribution in [1.29, 1.82) is 0 Å². The smallest absolute Gasteiger partial charge is 0.334 e. The molecule has 2 rings (SSSR count). The minimum absolute atomic E-state index is 0. The zero-order valence-corrected chi connectivity index (χ0v) is 21.9. The number of esters is 1. The topological polar surface area (TPSA) is 159 Å². The first kappa shape index (κ1) is 29.9. The van der Waals surface area contributed by atoms with Gasteiger partial charge in [0.05, 0.1) is 11.6 Å². The number of carbonyl (C=O) groups is 3. The first-order chi connectivity index (χ1) is 15.9. The number of aryl methyl sites for hydroxylation is 1. The molecule has 0 aliphatic carbocycles. The van der Waals surface area contributed by atoms with Crippen LogP contribution in [0.3, 0.4) is 0 Å². The third kappa shape index (κ3) is 8.25. The molecule has 0 radical (unpaired) electrons. The summed E-state index contributed by atoms with van der Waals surface area (Å²) in [6.07, 6.45) is 0.132. The van der Waals surface area contributed by atoms with Crippen molar-refractivity contribution in [1.82, 2.24) is 5.32 Å². The van der Waals surface area contributed by atoms with Gasteiger partial charge >= 0.3 is 5.97 Å². The first-order valence-electron chi connectivity index (χ1n) is 11.1. The van der Waals surface area contributed by atoms with E-state index in [-0.39, 0.29) is 70.2 Å². The third-order valence-electron chi connectivity index (χ3n) is 5.42. The molecular weight excluding hydrogens is 520 g/mol. The van der Waals surface area contributed by atoms with Gasteiger partial charge in [-0.3, -0.25) is 9.59 Å². The number of hydrogen-bond acceptors (Lipinski definition) is 8. The van der Waals surface area contributed by atoms with Crippen molar-refractivity contribution in [3.63, 3.8) is 0 Å². The Hall–Kier alpha value is -3.11. The number of hydrogen-bond donors (Lipinski definition) is 5. The van der Waals surface area contributed by atoms with E-state index in [9.17, 15) is 29.7 Å². The zero-order chi connectivity index (χ0) is 25.6. The van der Waals surface area contributed by atoms with E-state index in [1.165, 1.54) is 36.4 Å². The SMILES string of the molecule is Br.CC(C)C(N)C(=O)N[C@H](C(=O)Oc1ccc(CCC(=O)c2cc(O)ccc2O)c(O)c1)C(C)C. The van der Waals surface area contributed by atoms with Crippen molar-refractivity contribution >= 4 is 34.6 Å². The summed E-state index contributed by atoms with van der Waals surface area (Å²) in [6.45, 7) is 7.12. The number of rotatable bonds is 10. The van der Waals surface area contributed by atoms with Crippen LogP contribution >= 0.6 is 17.0 Å². The van der Waals surface area contributed by atoms with Gasteiger partial charge in [0.2, 0.25) is 5.91 Å². The van der Waals surface area contributed by atoms with Crippen LogP contribution in [0.4, 0.5) is 0 Å². The second-order valence-corrected chi connectivity index (χ2v) is 8.84. The van der Waals surface area contributed by atoms with Gasteiger partial charge in [0.15, 0.2) is 5.78 Å². The molecule has 2 aromatic carbocycles. The summed E-state index contributed by atoms with van der Waals surface area (Å²) in [5.74, 6) is -2.39. The fourth-order valence-corrected chi connectivity index (χ4v) is 3.18. The molecule has 6 N–H and O–H groups in total. The molecule has 0 aromatic heterocycles. The molecule has 2 aromatic rings. The van der Waals surface area contributed by atoms with E-state index in [0.717, 1.165) is 0 Å². The Bertz CT molecular complexity index is 1060. The molecule has 0 saturated carbocycles. The van der Waals surface area contributed by atoms with Gasteiger partial charge in [0.25, 0.3) is 0 Å². The molecule has 1 unspecified atom stereocenters. The van der Waals surface area contributed by atoms with Crippen molar-refractivity contribution in [3.8, 4) is 23.0 Å².